The standard InChI is InChI=1S/C12H17NO3S/c1-2-16-9-5-7-13(8-6-9)11-4-3-10(17-11)12(14)15/h3-4,9H,2,5-8H2,1H3,(H,14,15). The van der Waals surface area contributed by atoms with Crippen molar-refractivity contribution in [3.63, 3.8) is 0 Å². The number of nitrogens with zero attached hydrogens (tertiary/aromatic N) is 1. The highest BCUT2D eigenvalue weighted by Gasteiger charge is 2.21. The predicted molar refractivity (Wildman–Crippen MR) is 68.1 cm³/mol. The number of carboxylic acids is 1. The summed E-state index contributed by atoms with van der Waals surface area (Å²) >= 11 is 1.35. The number of carboxylic acid groups (broad SMARTS) is 1. The van der Waals surface area contributed by atoms with Crippen molar-refractivity contribution in [3.8, 4) is 0 Å². The number of carbonyl (C=O) groups is 1. The Morgan fingerprint density at radius 1 is 1.53 bits per heavy atom. The van der Waals surface area contributed by atoms with Crippen LogP contribution >= 0.6 is 11.3 Å². The van der Waals surface area contributed by atoms with Crippen molar-refractivity contribution in [2.45, 2.75) is 25.9 Å². The van der Waals surface area contributed by atoms with E-state index < -0.39 is 5.97 Å². The van der Waals surface area contributed by atoms with Gasteiger partial charge in [-0.25, -0.2) is 4.79 Å². The van der Waals surface area contributed by atoms with Crippen LogP contribution < -0.4 is 4.90 Å². The second-order valence-corrected chi connectivity index (χ2v) is 5.15. The van der Waals surface area contributed by atoms with E-state index in [1.54, 1.807) is 6.07 Å². The molecule has 1 saturated heterocycles. The summed E-state index contributed by atoms with van der Waals surface area (Å²) in [7, 11) is 0. The Morgan fingerprint density at radius 2 is 2.24 bits per heavy atom. The van der Waals surface area contributed by atoms with E-state index in [1.165, 1.54) is 11.3 Å². The molecule has 4 nitrogen and oxygen atoms in total. The van der Waals surface area contributed by atoms with Gasteiger partial charge in [-0.05, 0) is 31.9 Å². The fourth-order valence-corrected chi connectivity index (χ4v) is 2.99. The highest BCUT2D eigenvalue weighted by Crippen LogP contribution is 2.29. The number of anilines is 1. The quantitative estimate of drug-likeness (QED) is 0.898. The summed E-state index contributed by atoms with van der Waals surface area (Å²) in [4.78, 5) is 13.5. The molecular weight excluding hydrogens is 238 g/mol. The summed E-state index contributed by atoms with van der Waals surface area (Å²) in [6.07, 6.45) is 2.41. The molecule has 1 aromatic heterocycles. The third-order valence-electron chi connectivity index (χ3n) is 2.96. The zero-order chi connectivity index (χ0) is 12.3. The third-order valence-corrected chi connectivity index (χ3v) is 4.09. The molecule has 0 amide bonds. The Kier molecular flexibility index (Phi) is 4.02. The molecule has 1 aromatic rings. The van der Waals surface area contributed by atoms with Gasteiger partial charge < -0.3 is 14.7 Å². The number of hydrogen-bond donors (Lipinski definition) is 1. The fourth-order valence-electron chi connectivity index (χ4n) is 2.09. The molecule has 0 unspecified atom stereocenters. The smallest absolute Gasteiger partial charge is 0.345 e. The van der Waals surface area contributed by atoms with Crippen LogP contribution in [0.25, 0.3) is 0 Å². The zero-order valence-electron chi connectivity index (χ0n) is 9.89. The maximum Gasteiger partial charge on any atom is 0.345 e. The van der Waals surface area contributed by atoms with Crippen LogP contribution in [0.15, 0.2) is 12.1 Å². The Balaban J connectivity index is 1.93. The number of ether oxygens (including phenoxy) is 1. The lowest BCUT2D eigenvalue weighted by atomic mass is 10.1. The van der Waals surface area contributed by atoms with Gasteiger partial charge in [-0.2, -0.15) is 0 Å². The first-order valence-corrected chi connectivity index (χ1v) is 6.72. The van der Waals surface area contributed by atoms with Crippen molar-refractivity contribution in [1.82, 2.24) is 0 Å². The van der Waals surface area contributed by atoms with Gasteiger partial charge >= 0.3 is 5.97 Å². The van der Waals surface area contributed by atoms with Gasteiger partial charge in [-0.3, -0.25) is 0 Å². The summed E-state index contributed by atoms with van der Waals surface area (Å²) in [6, 6.07) is 3.58. The number of hydrogen-bond acceptors (Lipinski definition) is 4. The average molecular weight is 255 g/mol. The van der Waals surface area contributed by atoms with Crippen molar-refractivity contribution < 1.29 is 14.6 Å². The first-order chi connectivity index (χ1) is 8.20. The van der Waals surface area contributed by atoms with E-state index in [9.17, 15) is 4.79 Å². The molecule has 2 heterocycles. The molecule has 17 heavy (non-hydrogen) atoms. The van der Waals surface area contributed by atoms with E-state index in [0.717, 1.165) is 37.5 Å². The van der Waals surface area contributed by atoms with Crippen molar-refractivity contribution in [2.24, 2.45) is 0 Å². The van der Waals surface area contributed by atoms with Crippen LogP contribution in [-0.2, 0) is 4.74 Å². The molecule has 0 bridgehead atoms. The van der Waals surface area contributed by atoms with Crippen LogP contribution in [0.5, 0.6) is 0 Å². The van der Waals surface area contributed by atoms with Crippen LogP contribution in [0, 0.1) is 0 Å². The summed E-state index contributed by atoms with van der Waals surface area (Å²) in [5.41, 5.74) is 0. The van der Waals surface area contributed by atoms with Gasteiger partial charge in [0, 0.05) is 19.7 Å². The molecule has 0 spiro atoms. The lowest BCUT2D eigenvalue weighted by Gasteiger charge is -2.32. The minimum atomic E-state index is -0.842. The molecule has 1 N–H and O–H groups in total. The number of piperidine rings is 1. The van der Waals surface area contributed by atoms with Crippen LogP contribution in [0.2, 0.25) is 0 Å². The van der Waals surface area contributed by atoms with Crippen LogP contribution in [-0.4, -0.2) is 36.9 Å². The maximum absolute atomic E-state index is 10.8. The van der Waals surface area contributed by atoms with Gasteiger partial charge in [0.1, 0.15) is 4.88 Å². The number of aromatic carboxylic acids is 1. The molecule has 1 aliphatic rings. The minimum Gasteiger partial charge on any atom is -0.477 e. The lowest BCUT2D eigenvalue weighted by molar-refractivity contribution is 0.0460. The molecule has 2 rings (SSSR count). The Hall–Kier alpha value is -1.07. The molecule has 5 heteroatoms. The maximum atomic E-state index is 10.8. The molecule has 1 aliphatic heterocycles. The van der Waals surface area contributed by atoms with Gasteiger partial charge in [0.05, 0.1) is 11.1 Å². The van der Waals surface area contributed by atoms with E-state index in [2.05, 4.69) is 4.90 Å². The van der Waals surface area contributed by atoms with E-state index in [0.29, 0.717) is 11.0 Å². The first kappa shape index (κ1) is 12.4. The summed E-state index contributed by atoms with van der Waals surface area (Å²) < 4.78 is 5.59. The fraction of sp³-hybridized carbons (Fsp3) is 0.583. The summed E-state index contributed by atoms with van der Waals surface area (Å²) in [5, 5.41) is 9.93. The molecule has 0 atom stereocenters. The van der Waals surface area contributed by atoms with Crippen molar-refractivity contribution in [3.05, 3.63) is 17.0 Å². The largest absolute Gasteiger partial charge is 0.477 e. The van der Waals surface area contributed by atoms with Gasteiger partial charge in [-0.15, -0.1) is 11.3 Å². The van der Waals surface area contributed by atoms with E-state index >= 15 is 0 Å². The molecular formula is C12H17NO3S. The second kappa shape index (κ2) is 5.51. The lowest BCUT2D eigenvalue weighted by Crippen LogP contribution is -2.36. The highest BCUT2D eigenvalue weighted by atomic mass is 32.1. The van der Waals surface area contributed by atoms with Gasteiger partial charge in [0.25, 0.3) is 0 Å². The number of thiophene rings is 1. The minimum absolute atomic E-state index is 0.371. The monoisotopic (exact) mass is 255 g/mol. The molecule has 0 radical (unpaired) electrons. The predicted octanol–water partition coefficient (Wildman–Crippen LogP) is 2.45. The van der Waals surface area contributed by atoms with Crippen molar-refractivity contribution in [2.75, 3.05) is 24.6 Å². The Morgan fingerprint density at radius 3 is 2.76 bits per heavy atom. The van der Waals surface area contributed by atoms with E-state index in [1.807, 2.05) is 13.0 Å². The van der Waals surface area contributed by atoms with Gasteiger partial charge in [0.15, 0.2) is 0 Å². The molecule has 1 fully saturated rings. The summed E-state index contributed by atoms with van der Waals surface area (Å²) in [6.45, 7) is 4.69. The molecule has 0 saturated carbocycles. The van der Waals surface area contributed by atoms with Gasteiger partial charge in [0.2, 0.25) is 0 Å². The normalized spacial score (nSPS) is 17.4. The Labute approximate surface area is 105 Å². The van der Waals surface area contributed by atoms with Crippen molar-refractivity contribution >= 4 is 22.3 Å². The van der Waals surface area contributed by atoms with E-state index in [4.69, 9.17) is 9.84 Å². The molecule has 0 aliphatic carbocycles. The SMILES string of the molecule is CCOC1CCN(c2ccc(C(=O)O)s2)CC1. The number of rotatable bonds is 4. The van der Waals surface area contributed by atoms with Crippen LogP contribution in [0.3, 0.4) is 0 Å². The van der Waals surface area contributed by atoms with Gasteiger partial charge in [-0.1, -0.05) is 0 Å². The molecule has 0 aromatic carbocycles. The third kappa shape index (κ3) is 2.98. The molecule has 94 valence electrons. The van der Waals surface area contributed by atoms with Crippen LogP contribution in [0.1, 0.15) is 29.4 Å². The second-order valence-electron chi connectivity index (χ2n) is 4.08. The topological polar surface area (TPSA) is 49.8 Å². The van der Waals surface area contributed by atoms with Crippen molar-refractivity contribution in [1.29, 1.82) is 0 Å². The summed E-state index contributed by atoms with van der Waals surface area (Å²) in [5.74, 6) is -0.842. The zero-order valence-corrected chi connectivity index (χ0v) is 10.7. The van der Waals surface area contributed by atoms with E-state index in [-0.39, 0.29) is 0 Å². The average Bonchev–Trinajstić information content (AvgIpc) is 2.80. The first-order valence-electron chi connectivity index (χ1n) is 5.90. The van der Waals surface area contributed by atoms with Crippen LogP contribution in [0.4, 0.5) is 5.00 Å². The Bertz CT molecular complexity index is 383. The highest BCUT2D eigenvalue weighted by molar-refractivity contribution is 7.17.